The van der Waals surface area contributed by atoms with Gasteiger partial charge in [0, 0.05) is 24.2 Å². The molecular weight excluding hydrogens is 324 g/mol. The largest absolute Gasteiger partial charge is 0.340 e. The summed E-state index contributed by atoms with van der Waals surface area (Å²) < 4.78 is 25.2. The maximum Gasteiger partial charge on any atom is 0.233 e. The van der Waals surface area contributed by atoms with Crippen LogP contribution in [0.3, 0.4) is 0 Å². The topological polar surface area (TPSA) is 66.5 Å². The van der Waals surface area contributed by atoms with Crippen LogP contribution < -0.4 is 4.72 Å². The van der Waals surface area contributed by atoms with Crippen LogP contribution in [0.4, 0.5) is 0 Å². The number of sulfonamides is 1. The minimum absolute atomic E-state index is 0.0903. The molecule has 1 aromatic rings. The Morgan fingerprint density at radius 3 is 2.73 bits per heavy atom. The first kappa shape index (κ1) is 15.8. The van der Waals surface area contributed by atoms with Gasteiger partial charge in [-0.15, -0.1) is 0 Å². The molecule has 0 radical (unpaired) electrons. The molecule has 1 saturated carbocycles. The lowest BCUT2D eigenvalue weighted by Gasteiger charge is -2.23. The van der Waals surface area contributed by atoms with E-state index in [1.165, 1.54) is 0 Å². The molecule has 1 aliphatic heterocycles. The second kappa shape index (κ2) is 5.51. The minimum atomic E-state index is -3.24. The van der Waals surface area contributed by atoms with Crippen molar-refractivity contribution in [1.29, 1.82) is 0 Å². The highest BCUT2D eigenvalue weighted by Crippen LogP contribution is 2.50. The van der Waals surface area contributed by atoms with Gasteiger partial charge in [-0.1, -0.05) is 23.7 Å². The van der Waals surface area contributed by atoms with Crippen LogP contribution in [0.15, 0.2) is 24.3 Å². The molecule has 1 aliphatic carbocycles. The molecular formula is C15H19ClN2O3S. The van der Waals surface area contributed by atoms with Crippen LogP contribution in [0.1, 0.15) is 24.8 Å². The molecule has 1 saturated heterocycles. The van der Waals surface area contributed by atoms with Crippen LogP contribution in [-0.4, -0.2) is 44.6 Å². The van der Waals surface area contributed by atoms with E-state index in [-0.39, 0.29) is 11.9 Å². The monoisotopic (exact) mass is 342 g/mol. The third-order valence-electron chi connectivity index (χ3n) is 4.39. The van der Waals surface area contributed by atoms with Gasteiger partial charge in [0.2, 0.25) is 15.9 Å². The number of halogens is 1. The molecule has 1 heterocycles. The number of hydrogen-bond acceptors (Lipinski definition) is 3. The fourth-order valence-electron chi connectivity index (χ4n) is 3.18. The number of hydrogen-bond donors (Lipinski definition) is 1. The molecule has 1 aromatic carbocycles. The van der Waals surface area contributed by atoms with Crippen LogP contribution in [0.5, 0.6) is 0 Å². The fraction of sp³-hybridized carbons (Fsp3) is 0.533. The zero-order valence-electron chi connectivity index (χ0n) is 12.4. The van der Waals surface area contributed by atoms with Crippen LogP contribution in [-0.2, 0) is 20.2 Å². The van der Waals surface area contributed by atoms with E-state index in [9.17, 15) is 13.2 Å². The molecule has 0 bridgehead atoms. The highest BCUT2D eigenvalue weighted by Gasteiger charge is 2.53. The van der Waals surface area contributed by atoms with E-state index >= 15 is 0 Å². The zero-order valence-corrected chi connectivity index (χ0v) is 14.0. The maximum absolute atomic E-state index is 12.9. The summed E-state index contributed by atoms with van der Waals surface area (Å²) in [6.45, 7) is 1.03. The quantitative estimate of drug-likeness (QED) is 0.902. The summed E-state index contributed by atoms with van der Waals surface area (Å²) in [5, 5.41) is 0.634. The van der Waals surface area contributed by atoms with E-state index < -0.39 is 15.4 Å². The summed E-state index contributed by atoms with van der Waals surface area (Å²) in [7, 11) is -3.24. The lowest BCUT2D eigenvalue weighted by molar-refractivity contribution is -0.132. The van der Waals surface area contributed by atoms with Crippen molar-refractivity contribution in [2.24, 2.45) is 0 Å². The van der Waals surface area contributed by atoms with Crippen LogP contribution in [0.25, 0.3) is 0 Å². The maximum atomic E-state index is 12.9. The van der Waals surface area contributed by atoms with E-state index in [0.717, 1.165) is 24.7 Å². The van der Waals surface area contributed by atoms with Gasteiger partial charge in [-0.2, -0.15) is 0 Å². The molecule has 120 valence electrons. The van der Waals surface area contributed by atoms with E-state index in [1.807, 2.05) is 18.2 Å². The van der Waals surface area contributed by atoms with Gasteiger partial charge in [0.25, 0.3) is 0 Å². The van der Waals surface area contributed by atoms with Crippen molar-refractivity contribution in [1.82, 2.24) is 9.62 Å². The molecule has 7 heteroatoms. The first-order chi connectivity index (χ1) is 10.3. The van der Waals surface area contributed by atoms with E-state index in [2.05, 4.69) is 4.72 Å². The van der Waals surface area contributed by atoms with Gasteiger partial charge >= 0.3 is 0 Å². The molecule has 22 heavy (non-hydrogen) atoms. The van der Waals surface area contributed by atoms with Gasteiger partial charge in [-0.3, -0.25) is 4.79 Å². The second-order valence-corrected chi connectivity index (χ2v) is 8.44. The van der Waals surface area contributed by atoms with Gasteiger partial charge in [-0.25, -0.2) is 13.1 Å². The van der Waals surface area contributed by atoms with Crippen molar-refractivity contribution in [3.8, 4) is 0 Å². The van der Waals surface area contributed by atoms with Gasteiger partial charge in [0.15, 0.2) is 0 Å². The first-order valence-corrected chi connectivity index (χ1v) is 9.60. The highest BCUT2D eigenvalue weighted by atomic mass is 35.5. The number of carbonyl (C=O) groups excluding carboxylic acids is 1. The number of carbonyl (C=O) groups is 1. The number of benzene rings is 1. The number of likely N-dealkylation sites (tertiary alicyclic amines) is 1. The number of amides is 1. The van der Waals surface area contributed by atoms with E-state index in [0.29, 0.717) is 24.5 Å². The normalized spacial score (nSPS) is 23.5. The molecule has 0 aromatic heterocycles. The second-order valence-electron chi connectivity index (χ2n) is 6.22. The number of rotatable bonds is 4. The van der Waals surface area contributed by atoms with Gasteiger partial charge in [0.05, 0.1) is 11.7 Å². The van der Waals surface area contributed by atoms with Gasteiger partial charge in [-0.05, 0) is 37.0 Å². The molecule has 0 spiro atoms. The molecule has 1 N–H and O–H groups in total. The smallest absolute Gasteiger partial charge is 0.233 e. The van der Waals surface area contributed by atoms with Crippen molar-refractivity contribution in [2.45, 2.75) is 30.7 Å². The standard InChI is InChI=1S/C15H19ClN2O3S/c1-22(20,21)17-13-5-8-18(10-13)14(19)15(6-7-15)11-3-2-4-12(16)9-11/h2-4,9,13,17H,5-8,10H2,1H3. The fourth-order valence-corrected chi connectivity index (χ4v) is 4.17. The van der Waals surface area contributed by atoms with Crippen LogP contribution in [0, 0.1) is 0 Å². The Balaban J connectivity index is 1.73. The predicted octanol–water partition coefficient (Wildman–Crippen LogP) is 1.52. The SMILES string of the molecule is CS(=O)(=O)NC1CCN(C(=O)C2(c3cccc(Cl)c3)CC2)C1. The summed E-state index contributed by atoms with van der Waals surface area (Å²) in [5.41, 5.74) is 0.509. The molecule has 1 unspecified atom stereocenters. The van der Waals surface area contributed by atoms with Crippen LogP contribution >= 0.6 is 11.6 Å². The lowest BCUT2D eigenvalue weighted by atomic mass is 9.94. The average Bonchev–Trinajstić information content (AvgIpc) is 3.12. The third kappa shape index (κ3) is 3.14. The Kier molecular flexibility index (Phi) is 3.95. The molecule has 2 aliphatic rings. The molecule has 2 fully saturated rings. The molecule has 1 amide bonds. The van der Waals surface area contributed by atoms with E-state index in [1.54, 1.807) is 11.0 Å². The Bertz CT molecular complexity index is 700. The summed E-state index contributed by atoms with van der Waals surface area (Å²) in [6, 6.07) is 7.28. The Labute approximate surface area is 135 Å². The summed E-state index contributed by atoms with van der Waals surface area (Å²) >= 11 is 6.04. The summed E-state index contributed by atoms with van der Waals surface area (Å²) in [4.78, 5) is 14.6. The predicted molar refractivity (Wildman–Crippen MR) is 85.3 cm³/mol. The summed E-state index contributed by atoms with van der Waals surface area (Å²) in [6.07, 6.45) is 3.45. The molecule has 5 nitrogen and oxygen atoms in total. The lowest BCUT2D eigenvalue weighted by Crippen LogP contribution is -2.41. The van der Waals surface area contributed by atoms with Crippen molar-refractivity contribution in [2.75, 3.05) is 19.3 Å². The minimum Gasteiger partial charge on any atom is -0.340 e. The van der Waals surface area contributed by atoms with Crippen molar-refractivity contribution in [3.05, 3.63) is 34.9 Å². The average molecular weight is 343 g/mol. The van der Waals surface area contributed by atoms with Crippen molar-refractivity contribution in [3.63, 3.8) is 0 Å². The first-order valence-electron chi connectivity index (χ1n) is 7.33. The van der Waals surface area contributed by atoms with Gasteiger partial charge in [0.1, 0.15) is 0 Å². The number of nitrogens with zero attached hydrogens (tertiary/aromatic N) is 1. The van der Waals surface area contributed by atoms with Crippen molar-refractivity contribution >= 4 is 27.5 Å². The van der Waals surface area contributed by atoms with Crippen molar-refractivity contribution < 1.29 is 13.2 Å². The highest BCUT2D eigenvalue weighted by molar-refractivity contribution is 7.88. The summed E-state index contributed by atoms with van der Waals surface area (Å²) in [5.74, 6) is 0.0903. The van der Waals surface area contributed by atoms with Gasteiger partial charge < -0.3 is 4.90 Å². The van der Waals surface area contributed by atoms with Crippen LogP contribution in [0.2, 0.25) is 5.02 Å². The van der Waals surface area contributed by atoms with E-state index in [4.69, 9.17) is 11.6 Å². The molecule has 1 atom stereocenters. The molecule has 3 rings (SSSR count). The Morgan fingerprint density at radius 1 is 1.41 bits per heavy atom. The Morgan fingerprint density at radius 2 is 2.14 bits per heavy atom. The zero-order chi connectivity index (χ0) is 16.0. The third-order valence-corrected chi connectivity index (χ3v) is 5.39. The Hall–Kier alpha value is -1.11. The number of nitrogens with one attached hydrogen (secondary N) is 1.